The van der Waals surface area contributed by atoms with Crippen LogP contribution in [0.25, 0.3) is 0 Å². The Hall–Kier alpha value is -1.95. The van der Waals surface area contributed by atoms with Crippen LogP contribution in [-0.4, -0.2) is 10.9 Å². The fraction of sp³-hybridized carbons (Fsp3) is 0.0909. The highest BCUT2D eigenvalue weighted by Gasteiger charge is 2.07. The molecule has 2 aromatic rings. The molecule has 0 unspecified atom stereocenters. The van der Waals surface area contributed by atoms with Crippen molar-refractivity contribution in [2.45, 2.75) is 6.42 Å². The first kappa shape index (κ1) is 11.5. The van der Waals surface area contributed by atoms with Crippen molar-refractivity contribution in [3.05, 3.63) is 41.2 Å². The normalized spacial score (nSPS) is 10.2. The first-order valence-electron chi connectivity index (χ1n) is 4.89. The summed E-state index contributed by atoms with van der Waals surface area (Å²) >= 11 is 1.26. The van der Waals surface area contributed by atoms with Crippen molar-refractivity contribution in [2.24, 2.45) is 0 Å². The first-order chi connectivity index (χ1) is 8.13. The van der Waals surface area contributed by atoms with E-state index in [0.717, 1.165) is 4.88 Å². The number of nitrogens with zero attached hydrogens (tertiary/aromatic N) is 1. The maximum atomic E-state index is 12.9. The van der Waals surface area contributed by atoms with E-state index in [1.54, 1.807) is 12.3 Å². The zero-order valence-electron chi connectivity index (χ0n) is 8.81. The average molecular weight is 251 g/mol. The smallest absolute Gasteiger partial charge is 0.229 e. The van der Waals surface area contributed by atoms with Gasteiger partial charge in [0.15, 0.2) is 5.13 Å². The highest BCUT2D eigenvalue weighted by molar-refractivity contribution is 7.15. The number of anilines is 2. The van der Waals surface area contributed by atoms with E-state index in [4.69, 9.17) is 5.73 Å². The molecule has 0 atom stereocenters. The maximum absolute atomic E-state index is 12.9. The Morgan fingerprint density at radius 2 is 2.35 bits per heavy atom. The number of benzene rings is 1. The summed E-state index contributed by atoms with van der Waals surface area (Å²) in [6.45, 7) is 0. The van der Waals surface area contributed by atoms with Crippen molar-refractivity contribution in [3.8, 4) is 0 Å². The predicted octanol–water partition coefficient (Wildman–Crippen LogP) is 2.05. The van der Waals surface area contributed by atoms with Crippen LogP contribution in [0.3, 0.4) is 0 Å². The molecule has 1 aromatic heterocycles. The van der Waals surface area contributed by atoms with Crippen molar-refractivity contribution in [3.63, 3.8) is 0 Å². The Morgan fingerprint density at radius 3 is 3.00 bits per heavy atom. The molecule has 2 rings (SSSR count). The van der Waals surface area contributed by atoms with Crippen molar-refractivity contribution in [1.82, 2.24) is 4.98 Å². The molecule has 3 N–H and O–H groups in total. The number of rotatable bonds is 3. The summed E-state index contributed by atoms with van der Waals surface area (Å²) < 4.78 is 12.9. The Kier molecular flexibility index (Phi) is 3.34. The zero-order valence-corrected chi connectivity index (χ0v) is 9.63. The standard InChI is InChI=1S/C11H10FN3OS/c12-7-2-1-3-8(4-7)15-10(16)5-9-6-14-11(13)17-9/h1-4,6H,5H2,(H2,13,14)(H,15,16). The van der Waals surface area contributed by atoms with Crippen LogP contribution in [-0.2, 0) is 11.2 Å². The number of halogens is 1. The van der Waals surface area contributed by atoms with Crippen LogP contribution in [0.2, 0.25) is 0 Å². The summed E-state index contributed by atoms with van der Waals surface area (Å²) in [5.74, 6) is -0.607. The summed E-state index contributed by atoms with van der Waals surface area (Å²) in [7, 11) is 0. The van der Waals surface area contributed by atoms with Gasteiger partial charge in [0.2, 0.25) is 5.91 Å². The van der Waals surface area contributed by atoms with E-state index in [0.29, 0.717) is 10.8 Å². The van der Waals surface area contributed by atoms with Gasteiger partial charge in [-0.15, -0.1) is 11.3 Å². The Morgan fingerprint density at radius 1 is 1.53 bits per heavy atom. The van der Waals surface area contributed by atoms with Crippen LogP contribution in [0.1, 0.15) is 4.88 Å². The van der Waals surface area contributed by atoms with Crippen LogP contribution in [0.15, 0.2) is 30.5 Å². The Bertz CT molecular complexity index is 541. The third-order valence-corrected chi connectivity index (χ3v) is 2.84. The van der Waals surface area contributed by atoms with E-state index in [-0.39, 0.29) is 18.1 Å². The van der Waals surface area contributed by atoms with Crippen LogP contribution in [0.4, 0.5) is 15.2 Å². The van der Waals surface area contributed by atoms with Crippen molar-refractivity contribution >= 4 is 28.1 Å². The third kappa shape index (κ3) is 3.25. The molecule has 0 radical (unpaired) electrons. The van der Waals surface area contributed by atoms with Crippen molar-refractivity contribution in [2.75, 3.05) is 11.1 Å². The summed E-state index contributed by atoms with van der Waals surface area (Å²) in [4.78, 5) is 16.2. The fourth-order valence-electron chi connectivity index (χ4n) is 1.33. The predicted molar refractivity (Wildman–Crippen MR) is 65.3 cm³/mol. The fourth-order valence-corrected chi connectivity index (χ4v) is 2.02. The lowest BCUT2D eigenvalue weighted by molar-refractivity contribution is -0.115. The first-order valence-corrected chi connectivity index (χ1v) is 5.71. The topological polar surface area (TPSA) is 68.0 Å². The minimum atomic E-state index is -0.384. The number of thiazole rings is 1. The van der Waals surface area contributed by atoms with Gasteiger partial charge in [0, 0.05) is 16.8 Å². The number of carbonyl (C=O) groups is 1. The molecule has 0 aliphatic carbocycles. The largest absolute Gasteiger partial charge is 0.375 e. The number of nitrogens with two attached hydrogens (primary N) is 1. The van der Waals surface area contributed by atoms with Gasteiger partial charge in [-0.2, -0.15) is 0 Å². The van der Waals surface area contributed by atoms with Crippen LogP contribution in [0, 0.1) is 5.82 Å². The molecular formula is C11H10FN3OS. The highest BCUT2D eigenvalue weighted by Crippen LogP contribution is 2.16. The van der Waals surface area contributed by atoms with Gasteiger partial charge >= 0.3 is 0 Å². The van der Waals surface area contributed by atoms with Crippen LogP contribution < -0.4 is 11.1 Å². The van der Waals surface area contributed by atoms with Gasteiger partial charge in [-0.1, -0.05) is 6.07 Å². The molecule has 1 amide bonds. The Balaban J connectivity index is 1.98. The molecule has 0 bridgehead atoms. The van der Waals surface area contributed by atoms with Crippen molar-refractivity contribution in [1.29, 1.82) is 0 Å². The number of nitrogen functional groups attached to an aromatic ring is 1. The number of hydrogen-bond donors (Lipinski definition) is 2. The monoisotopic (exact) mass is 251 g/mol. The molecular weight excluding hydrogens is 241 g/mol. The number of nitrogens with one attached hydrogen (secondary N) is 1. The second-order valence-corrected chi connectivity index (χ2v) is 4.55. The minimum absolute atomic E-state index is 0.186. The molecule has 1 heterocycles. The molecule has 0 aliphatic heterocycles. The lowest BCUT2D eigenvalue weighted by Crippen LogP contribution is -2.13. The van der Waals surface area contributed by atoms with Crippen LogP contribution in [0.5, 0.6) is 0 Å². The molecule has 0 saturated heterocycles. The van der Waals surface area contributed by atoms with E-state index >= 15 is 0 Å². The van der Waals surface area contributed by atoms with Gasteiger partial charge in [-0.05, 0) is 18.2 Å². The zero-order chi connectivity index (χ0) is 12.3. The quantitative estimate of drug-likeness (QED) is 0.877. The van der Waals surface area contributed by atoms with Gasteiger partial charge in [0.1, 0.15) is 5.82 Å². The van der Waals surface area contributed by atoms with E-state index in [1.165, 1.54) is 29.5 Å². The van der Waals surface area contributed by atoms with Gasteiger partial charge in [-0.25, -0.2) is 9.37 Å². The lowest BCUT2D eigenvalue weighted by Gasteiger charge is -2.03. The summed E-state index contributed by atoms with van der Waals surface area (Å²) in [6, 6.07) is 5.75. The molecule has 1 aromatic carbocycles. The second kappa shape index (κ2) is 4.92. The molecule has 6 heteroatoms. The number of aromatic nitrogens is 1. The van der Waals surface area contributed by atoms with Crippen molar-refractivity contribution < 1.29 is 9.18 Å². The SMILES string of the molecule is Nc1ncc(CC(=O)Nc2cccc(F)c2)s1. The summed E-state index contributed by atoms with van der Waals surface area (Å²) in [5, 5.41) is 3.03. The van der Waals surface area contributed by atoms with Crippen LogP contribution >= 0.6 is 11.3 Å². The molecule has 17 heavy (non-hydrogen) atoms. The average Bonchev–Trinajstić information content (AvgIpc) is 2.63. The number of hydrogen-bond acceptors (Lipinski definition) is 4. The van der Waals surface area contributed by atoms with Gasteiger partial charge in [-0.3, -0.25) is 4.79 Å². The minimum Gasteiger partial charge on any atom is -0.375 e. The summed E-state index contributed by atoms with van der Waals surface area (Å²) in [6.07, 6.45) is 1.75. The molecule has 0 fully saturated rings. The molecule has 88 valence electrons. The van der Waals surface area contributed by atoms with E-state index in [1.807, 2.05) is 0 Å². The van der Waals surface area contributed by atoms with E-state index in [9.17, 15) is 9.18 Å². The number of amides is 1. The van der Waals surface area contributed by atoms with Gasteiger partial charge < -0.3 is 11.1 Å². The Labute approximate surface area is 101 Å². The molecule has 0 aliphatic rings. The van der Waals surface area contributed by atoms with E-state index in [2.05, 4.69) is 10.3 Å². The summed E-state index contributed by atoms with van der Waals surface area (Å²) in [5.41, 5.74) is 5.89. The lowest BCUT2D eigenvalue weighted by atomic mass is 10.3. The molecule has 0 saturated carbocycles. The van der Waals surface area contributed by atoms with Gasteiger partial charge in [0.05, 0.1) is 6.42 Å². The molecule has 4 nitrogen and oxygen atoms in total. The second-order valence-electron chi connectivity index (χ2n) is 3.40. The highest BCUT2D eigenvalue weighted by atomic mass is 32.1. The van der Waals surface area contributed by atoms with Gasteiger partial charge in [0.25, 0.3) is 0 Å². The molecule has 0 spiro atoms. The third-order valence-electron chi connectivity index (χ3n) is 2.01. The maximum Gasteiger partial charge on any atom is 0.229 e. The number of carbonyl (C=O) groups excluding carboxylic acids is 1. The van der Waals surface area contributed by atoms with E-state index < -0.39 is 0 Å².